The smallest absolute Gasteiger partial charge is 0.175 e. The highest BCUT2D eigenvalue weighted by molar-refractivity contribution is 6.07. The topological polar surface area (TPSA) is 55.4 Å². The van der Waals surface area contributed by atoms with Crippen LogP contribution >= 0.6 is 0 Å². The fraction of sp³-hybridized carbons (Fsp3) is 0.231. The van der Waals surface area contributed by atoms with Gasteiger partial charge in [0.25, 0.3) is 0 Å². The summed E-state index contributed by atoms with van der Waals surface area (Å²) in [5.74, 6) is 0.619. The molecular formula is C26H31N5. The van der Waals surface area contributed by atoms with Gasteiger partial charge in [0, 0.05) is 17.8 Å². The summed E-state index contributed by atoms with van der Waals surface area (Å²) in [5.41, 5.74) is 4.40. The van der Waals surface area contributed by atoms with E-state index in [2.05, 4.69) is 34.6 Å². The van der Waals surface area contributed by atoms with E-state index >= 15 is 0 Å². The van der Waals surface area contributed by atoms with Crippen LogP contribution in [0.2, 0.25) is 0 Å². The largest absolute Gasteiger partial charge is 0.256 e. The Morgan fingerprint density at radius 1 is 1.19 bits per heavy atom. The Kier molecular flexibility index (Phi) is 9.30. The molecule has 0 saturated heterocycles. The monoisotopic (exact) mass is 413 g/mol. The van der Waals surface area contributed by atoms with Crippen LogP contribution in [0.25, 0.3) is 22.6 Å². The molecule has 3 aromatic rings. The van der Waals surface area contributed by atoms with Crippen molar-refractivity contribution >= 4 is 28.3 Å². The standard InChI is InChI=1S/C24H25N5.C2H6/c1-5-8-11-19(26-21(7-3)18(4)10-6-2)13-14-23-27-24-20-12-9-16-25-22(20)15-17-29(24)28-23;1-2/h6-17H,3,5H2,1-2,4H3;1-2H3/b10-6-,11-8?,14-13?,21-18+,26-19?;. The highest BCUT2D eigenvalue weighted by Gasteiger charge is 2.06. The number of allylic oxidation sites excluding steroid dienone is 7. The number of aliphatic imine (C=N–C) groups is 1. The van der Waals surface area contributed by atoms with E-state index in [1.165, 1.54) is 0 Å². The normalized spacial score (nSPS) is 13.3. The minimum absolute atomic E-state index is 0.619. The number of aromatic nitrogens is 4. The molecule has 5 heteroatoms. The lowest BCUT2D eigenvalue weighted by atomic mass is 10.2. The van der Waals surface area contributed by atoms with Crippen molar-refractivity contribution < 1.29 is 0 Å². The Morgan fingerprint density at radius 3 is 2.71 bits per heavy atom. The first kappa shape index (κ1) is 23.7. The second-order valence-electron chi connectivity index (χ2n) is 6.44. The Balaban J connectivity index is 0.00000166. The summed E-state index contributed by atoms with van der Waals surface area (Å²) in [6, 6.07) is 5.84. The van der Waals surface area contributed by atoms with Gasteiger partial charge >= 0.3 is 0 Å². The molecule has 3 aromatic heterocycles. The maximum Gasteiger partial charge on any atom is 0.175 e. The van der Waals surface area contributed by atoms with Crippen LogP contribution in [0.5, 0.6) is 0 Å². The summed E-state index contributed by atoms with van der Waals surface area (Å²) < 4.78 is 1.77. The van der Waals surface area contributed by atoms with Gasteiger partial charge in [-0.25, -0.2) is 14.5 Å². The molecule has 5 nitrogen and oxygen atoms in total. The summed E-state index contributed by atoms with van der Waals surface area (Å²) in [5, 5.41) is 5.52. The van der Waals surface area contributed by atoms with Gasteiger partial charge in [-0.15, -0.1) is 5.10 Å². The molecule has 0 unspecified atom stereocenters. The van der Waals surface area contributed by atoms with Crippen LogP contribution in [-0.4, -0.2) is 25.3 Å². The second kappa shape index (κ2) is 12.2. The quantitative estimate of drug-likeness (QED) is 0.317. The highest BCUT2D eigenvalue weighted by Crippen LogP contribution is 2.16. The average Bonchev–Trinajstić information content (AvgIpc) is 3.24. The zero-order chi connectivity index (χ0) is 22.6. The van der Waals surface area contributed by atoms with Gasteiger partial charge in [-0.1, -0.05) is 45.6 Å². The van der Waals surface area contributed by atoms with Crippen molar-refractivity contribution in [3.8, 4) is 0 Å². The highest BCUT2D eigenvalue weighted by atomic mass is 15.3. The molecule has 0 radical (unpaired) electrons. The second-order valence-corrected chi connectivity index (χ2v) is 6.44. The van der Waals surface area contributed by atoms with Crippen LogP contribution in [0.4, 0.5) is 0 Å². The molecule has 0 atom stereocenters. The van der Waals surface area contributed by atoms with E-state index in [-0.39, 0.29) is 0 Å². The van der Waals surface area contributed by atoms with Gasteiger partial charge in [0.2, 0.25) is 0 Å². The van der Waals surface area contributed by atoms with Crippen LogP contribution in [0.1, 0.15) is 46.9 Å². The minimum Gasteiger partial charge on any atom is -0.256 e. The molecule has 0 amide bonds. The van der Waals surface area contributed by atoms with E-state index in [1.807, 2.05) is 82.5 Å². The third-order valence-corrected chi connectivity index (χ3v) is 4.29. The molecule has 0 aliphatic carbocycles. The molecule has 0 fully saturated rings. The molecule has 0 spiro atoms. The van der Waals surface area contributed by atoms with E-state index in [1.54, 1.807) is 16.8 Å². The lowest BCUT2D eigenvalue weighted by molar-refractivity contribution is 0.957. The van der Waals surface area contributed by atoms with Crippen LogP contribution < -0.4 is 0 Å². The first-order valence-electron chi connectivity index (χ1n) is 10.7. The van der Waals surface area contributed by atoms with Crippen LogP contribution in [-0.2, 0) is 0 Å². The summed E-state index contributed by atoms with van der Waals surface area (Å²) in [4.78, 5) is 13.8. The van der Waals surface area contributed by atoms with Gasteiger partial charge in [-0.05, 0) is 68.3 Å². The summed E-state index contributed by atoms with van der Waals surface area (Å²) in [6.45, 7) is 14.0. The number of rotatable bonds is 7. The van der Waals surface area contributed by atoms with Gasteiger partial charge in [0.1, 0.15) is 0 Å². The fourth-order valence-corrected chi connectivity index (χ4v) is 2.88. The van der Waals surface area contributed by atoms with Gasteiger partial charge in [0.05, 0.1) is 16.9 Å². The average molecular weight is 414 g/mol. The predicted octanol–water partition coefficient (Wildman–Crippen LogP) is 6.76. The first-order chi connectivity index (χ1) is 15.2. The minimum atomic E-state index is 0.619. The number of fused-ring (bicyclic) bond motifs is 3. The molecule has 0 saturated carbocycles. The van der Waals surface area contributed by atoms with Gasteiger partial charge in [-0.3, -0.25) is 4.98 Å². The number of hydrogen-bond donors (Lipinski definition) is 0. The molecule has 0 aliphatic heterocycles. The Morgan fingerprint density at radius 2 is 2.00 bits per heavy atom. The molecule has 0 N–H and O–H groups in total. The van der Waals surface area contributed by atoms with Crippen molar-refractivity contribution in [3.63, 3.8) is 0 Å². The molecular weight excluding hydrogens is 382 g/mol. The summed E-state index contributed by atoms with van der Waals surface area (Å²) in [6.07, 6.45) is 18.2. The number of hydrogen-bond acceptors (Lipinski definition) is 4. The fourth-order valence-electron chi connectivity index (χ4n) is 2.88. The molecule has 0 aromatic carbocycles. The van der Waals surface area contributed by atoms with Gasteiger partial charge in [0.15, 0.2) is 11.5 Å². The number of nitrogens with zero attached hydrogens (tertiary/aromatic N) is 5. The number of pyridine rings is 2. The molecule has 3 heterocycles. The predicted molar refractivity (Wildman–Crippen MR) is 133 cm³/mol. The van der Waals surface area contributed by atoms with E-state index in [4.69, 9.17) is 4.99 Å². The molecule has 160 valence electrons. The third-order valence-electron chi connectivity index (χ3n) is 4.29. The first-order valence-corrected chi connectivity index (χ1v) is 10.7. The van der Waals surface area contributed by atoms with Crippen molar-refractivity contribution in [2.45, 2.75) is 41.0 Å². The summed E-state index contributed by atoms with van der Waals surface area (Å²) in [7, 11) is 0. The molecule has 0 aliphatic rings. The lowest BCUT2D eigenvalue weighted by Gasteiger charge is -2.00. The van der Waals surface area contributed by atoms with Crippen LogP contribution in [0.3, 0.4) is 0 Å². The van der Waals surface area contributed by atoms with Crippen molar-refractivity contribution in [1.29, 1.82) is 0 Å². The Hall–Kier alpha value is -3.60. The zero-order valence-electron chi connectivity index (χ0n) is 19.1. The van der Waals surface area contributed by atoms with Crippen molar-refractivity contribution in [1.82, 2.24) is 19.6 Å². The zero-order valence-corrected chi connectivity index (χ0v) is 19.1. The Bertz CT molecular complexity index is 1170. The lowest BCUT2D eigenvalue weighted by Crippen LogP contribution is -1.91. The van der Waals surface area contributed by atoms with E-state index < -0.39 is 0 Å². The van der Waals surface area contributed by atoms with Crippen LogP contribution in [0.15, 0.2) is 89.9 Å². The molecule has 0 bridgehead atoms. The van der Waals surface area contributed by atoms with E-state index in [9.17, 15) is 0 Å². The van der Waals surface area contributed by atoms with Gasteiger partial charge < -0.3 is 0 Å². The summed E-state index contributed by atoms with van der Waals surface area (Å²) >= 11 is 0. The molecule has 31 heavy (non-hydrogen) atoms. The van der Waals surface area contributed by atoms with Crippen LogP contribution in [0, 0.1) is 0 Å². The SMILES string of the molecule is C=C/C(N=C(C=CCC)C=Cc1nc2c3cccnc3ccn2n1)=C(C)\C=C/C.CC. The van der Waals surface area contributed by atoms with Crippen molar-refractivity contribution in [2.24, 2.45) is 4.99 Å². The van der Waals surface area contributed by atoms with E-state index in [0.29, 0.717) is 5.82 Å². The maximum atomic E-state index is 4.75. The third kappa shape index (κ3) is 6.19. The molecule has 3 rings (SSSR count). The van der Waals surface area contributed by atoms with Crippen molar-refractivity contribution in [3.05, 3.63) is 90.7 Å². The van der Waals surface area contributed by atoms with Gasteiger partial charge in [-0.2, -0.15) is 0 Å². The van der Waals surface area contributed by atoms with Crippen molar-refractivity contribution in [2.75, 3.05) is 0 Å². The maximum absolute atomic E-state index is 4.75. The van der Waals surface area contributed by atoms with E-state index in [0.717, 1.165) is 40.0 Å². The Labute approximate surface area is 185 Å².